The van der Waals surface area contributed by atoms with Crippen LogP contribution in [0.5, 0.6) is 0 Å². The van der Waals surface area contributed by atoms with E-state index in [0.717, 1.165) is 36.6 Å². The van der Waals surface area contributed by atoms with Crippen LogP contribution in [0.3, 0.4) is 0 Å². The molecule has 1 fully saturated rings. The number of nitrogens with zero attached hydrogens (tertiary/aromatic N) is 1. The Morgan fingerprint density at radius 3 is 2.62 bits per heavy atom. The summed E-state index contributed by atoms with van der Waals surface area (Å²) in [5.41, 5.74) is 1.11. The van der Waals surface area contributed by atoms with Crippen LogP contribution in [0.2, 0.25) is 0 Å². The van der Waals surface area contributed by atoms with E-state index in [1.165, 1.54) is 11.1 Å². The summed E-state index contributed by atoms with van der Waals surface area (Å²) < 4.78 is 1.09. The van der Waals surface area contributed by atoms with Crippen LogP contribution in [0.15, 0.2) is 22.7 Å². The Kier molecular flexibility index (Phi) is 3.88. The molecule has 3 heteroatoms. The Bertz CT molecular complexity index is 583. The quantitative estimate of drug-likeness (QED) is 0.818. The van der Waals surface area contributed by atoms with E-state index in [1.54, 1.807) is 0 Å². The SMILES string of the molecule is CC1CCC(C#N)(C2(O)CCc3cc(Br)ccc3C2)CC1. The maximum absolute atomic E-state index is 11.3. The Labute approximate surface area is 135 Å². The van der Waals surface area contributed by atoms with Gasteiger partial charge in [0.15, 0.2) is 0 Å². The van der Waals surface area contributed by atoms with Crippen LogP contribution in [-0.4, -0.2) is 10.7 Å². The van der Waals surface area contributed by atoms with Gasteiger partial charge in [-0.1, -0.05) is 28.9 Å². The summed E-state index contributed by atoms with van der Waals surface area (Å²) in [6.45, 7) is 2.25. The number of aliphatic hydroxyl groups is 1. The molecule has 0 bridgehead atoms. The first-order valence-corrected chi connectivity index (χ1v) is 8.68. The molecule has 0 amide bonds. The highest BCUT2D eigenvalue weighted by molar-refractivity contribution is 9.10. The Morgan fingerprint density at radius 2 is 1.95 bits per heavy atom. The fourth-order valence-corrected chi connectivity index (χ4v) is 4.50. The molecule has 0 aromatic heterocycles. The van der Waals surface area contributed by atoms with Gasteiger partial charge in [0.2, 0.25) is 0 Å². The second-order valence-electron chi connectivity index (χ2n) is 7.00. The molecule has 112 valence electrons. The molecule has 1 atom stereocenters. The third-order valence-corrected chi connectivity index (χ3v) is 6.19. The molecule has 1 aromatic rings. The van der Waals surface area contributed by atoms with Gasteiger partial charge in [-0.05, 0) is 67.7 Å². The minimum Gasteiger partial charge on any atom is -0.388 e. The van der Waals surface area contributed by atoms with Crippen molar-refractivity contribution in [1.82, 2.24) is 0 Å². The minimum absolute atomic E-state index is 0.551. The van der Waals surface area contributed by atoms with Crippen molar-refractivity contribution in [2.24, 2.45) is 11.3 Å². The summed E-state index contributed by atoms with van der Waals surface area (Å²) in [4.78, 5) is 0. The Hall–Kier alpha value is -0.850. The number of rotatable bonds is 1. The van der Waals surface area contributed by atoms with Gasteiger partial charge in [-0.15, -0.1) is 0 Å². The van der Waals surface area contributed by atoms with Crippen LogP contribution in [0.25, 0.3) is 0 Å². The molecular weight excluding hydrogens is 326 g/mol. The molecule has 1 unspecified atom stereocenters. The molecule has 3 rings (SSSR count). The summed E-state index contributed by atoms with van der Waals surface area (Å²) in [5, 5.41) is 21.1. The average molecular weight is 348 g/mol. The van der Waals surface area contributed by atoms with E-state index in [1.807, 2.05) is 6.07 Å². The van der Waals surface area contributed by atoms with E-state index in [2.05, 4.69) is 41.1 Å². The normalized spacial score (nSPS) is 35.8. The van der Waals surface area contributed by atoms with Gasteiger partial charge >= 0.3 is 0 Å². The van der Waals surface area contributed by atoms with Gasteiger partial charge in [0.05, 0.1) is 17.1 Å². The molecule has 2 aliphatic rings. The summed E-state index contributed by atoms with van der Waals surface area (Å²) in [6.07, 6.45) is 5.99. The number of benzene rings is 1. The Morgan fingerprint density at radius 1 is 1.24 bits per heavy atom. The maximum atomic E-state index is 11.3. The van der Waals surface area contributed by atoms with Gasteiger partial charge in [-0.3, -0.25) is 0 Å². The number of hydrogen-bond acceptors (Lipinski definition) is 2. The number of hydrogen-bond donors (Lipinski definition) is 1. The number of nitriles is 1. The molecule has 0 spiro atoms. The first-order valence-electron chi connectivity index (χ1n) is 7.89. The second-order valence-corrected chi connectivity index (χ2v) is 7.91. The number of halogens is 1. The Balaban J connectivity index is 1.91. The van der Waals surface area contributed by atoms with Gasteiger partial charge in [0.25, 0.3) is 0 Å². The van der Waals surface area contributed by atoms with Crippen LogP contribution in [0.1, 0.15) is 50.2 Å². The highest BCUT2D eigenvalue weighted by Crippen LogP contribution is 2.51. The zero-order chi connectivity index (χ0) is 15.1. The van der Waals surface area contributed by atoms with Crippen molar-refractivity contribution < 1.29 is 5.11 Å². The van der Waals surface area contributed by atoms with E-state index in [-0.39, 0.29) is 0 Å². The average Bonchev–Trinajstić information content (AvgIpc) is 2.48. The molecular formula is C18H22BrNO. The van der Waals surface area contributed by atoms with Crippen molar-refractivity contribution in [3.05, 3.63) is 33.8 Å². The van der Waals surface area contributed by atoms with Crippen LogP contribution in [-0.2, 0) is 12.8 Å². The maximum Gasteiger partial charge on any atom is 0.0876 e. The molecule has 0 aliphatic heterocycles. The molecule has 1 N–H and O–H groups in total. The number of fused-ring (bicyclic) bond motifs is 1. The zero-order valence-electron chi connectivity index (χ0n) is 12.5. The van der Waals surface area contributed by atoms with Crippen molar-refractivity contribution in [2.75, 3.05) is 0 Å². The predicted molar refractivity (Wildman–Crippen MR) is 86.8 cm³/mol. The summed E-state index contributed by atoms with van der Waals surface area (Å²) in [7, 11) is 0. The summed E-state index contributed by atoms with van der Waals surface area (Å²) in [5.74, 6) is 0.682. The van der Waals surface area contributed by atoms with E-state index in [9.17, 15) is 10.4 Å². The van der Waals surface area contributed by atoms with Gasteiger partial charge in [0, 0.05) is 10.9 Å². The van der Waals surface area contributed by atoms with Gasteiger partial charge < -0.3 is 5.11 Å². The monoisotopic (exact) mass is 347 g/mol. The predicted octanol–water partition coefficient (Wildman–Crippen LogP) is 4.39. The van der Waals surface area contributed by atoms with Crippen molar-refractivity contribution >= 4 is 15.9 Å². The molecule has 21 heavy (non-hydrogen) atoms. The molecule has 2 nitrogen and oxygen atoms in total. The third kappa shape index (κ3) is 2.53. The van der Waals surface area contributed by atoms with Crippen molar-refractivity contribution in [3.63, 3.8) is 0 Å². The molecule has 0 saturated heterocycles. The highest BCUT2D eigenvalue weighted by atomic mass is 79.9. The molecule has 0 heterocycles. The fraction of sp³-hybridized carbons (Fsp3) is 0.611. The van der Waals surface area contributed by atoms with Gasteiger partial charge in [-0.25, -0.2) is 0 Å². The molecule has 1 saturated carbocycles. The van der Waals surface area contributed by atoms with Crippen molar-refractivity contribution in [1.29, 1.82) is 5.26 Å². The van der Waals surface area contributed by atoms with E-state index >= 15 is 0 Å². The highest BCUT2D eigenvalue weighted by Gasteiger charge is 2.52. The van der Waals surface area contributed by atoms with Crippen molar-refractivity contribution in [2.45, 2.75) is 57.5 Å². The van der Waals surface area contributed by atoms with Crippen LogP contribution in [0, 0.1) is 22.7 Å². The smallest absolute Gasteiger partial charge is 0.0876 e. The topological polar surface area (TPSA) is 44.0 Å². The fourth-order valence-electron chi connectivity index (χ4n) is 4.09. The zero-order valence-corrected chi connectivity index (χ0v) is 14.1. The number of aryl methyl sites for hydroxylation is 1. The lowest BCUT2D eigenvalue weighted by atomic mass is 9.57. The largest absolute Gasteiger partial charge is 0.388 e. The third-order valence-electron chi connectivity index (χ3n) is 5.69. The lowest BCUT2D eigenvalue weighted by Crippen LogP contribution is -2.52. The van der Waals surface area contributed by atoms with Gasteiger partial charge in [-0.2, -0.15) is 5.26 Å². The van der Waals surface area contributed by atoms with Crippen LogP contribution in [0.4, 0.5) is 0 Å². The van der Waals surface area contributed by atoms with Crippen LogP contribution >= 0.6 is 15.9 Å². The van der Waals surface area contributed by atoms with Crippen molar-refractivity contribution in [3.8, 4) is 6.07 Å². The molecule has 1 aromatic carbocycles. The molecule has 2 aliphatic carbocycles. The van der Waals surface area contributed by atoms with Crippen LogP contribution < -0.4 is 0 Å². The second kappa shape index (κ2) is 5.41. The lowest BCUT2D eigenvalue weighted by Gasteiger charge is -2.48. The van der Waals surface area contributed by atoms with E-state index < -0.39 is 11.0 Å². The van der Waals surface area contributed by atoms with E-state index in [4.69, 9.17) is 0 Å². The van der Waals surface area contributed by atoms with E-state index in [0.29, 0.717) is 18.8 Å². The summed E-state index contributed by atoms with van der Waals surface area (Å²) >= 11 is 3.51. The lowest BCUT2D eigenvalue weighted by molar-refractivity contribution is -0.0864. The standard InChI is InChI=1S/C18H22BrNO/c1-13-4-7-17(12-20,8-5-13)18(21)9-6-14-10-16(19)3-2-15(14)11-18/h2-3,10,13,21H,4-9,11H2,1H3. The first kappa shape index (κ1) is 15.1. The van der Waals surface area contributed by atoms with Gasteiger partial charge in [0.1, 0.15) is 0 Å². The molecule has 0 radical (unpaired) electrons. The summed E-state index contributed by atoms with van der Waals surface area (Å²) in [6, 6.07) is 8.81. The first-order chi connectivity index (χ1) is 9.98. The minimum atomic E-state index is -0.858.